The van der Waals surface area contributed by atoms with E-state index in [1.54, 1.807) is 18.2 Å². The van der Waals surface area contributed by atoms with Crippen LogP contribution in [0.3, 0.4) is 0 Å². The van der Waals surface area contributed by atoms with Crippen molar-refractivity contribution in [2.24, 2.45) is 0 Å². The summed E-state index contributed by atoms with van der Waals surface area (Å²) < 4.78 is 16.3. The van der Waals surface area contributed by atoms with Crippen molar-refractivity contribution in [2.75, 3.05) is 0 Å². The van der Waals surface area contributed by atoms with Gasteiger partial charge in [0.2, 0.25) is 0 Å². The second-order valence-electron chi connectivity index (χ2n) is 5.68. The number of nitrogens with zero attached hydrogens (tertiary/aromatic N) is 2. The van der Waals surface area contributed by atoms with Gasteiger partial charge >= 0.3 is 5.97 Å². The van der Waals surface area contributed by atoms with Crippen molar-refractivity contribution in [1.82, 2.24) is 9.55 Å². The Morgan fingerprint density at radius 2 is 2.11 bits per heavy atom. The number of hydrogen-bond donors (Lipinski definition) is 1. The monoisotopic (exact) mass is 450 g/mol. The summed E-state index contributed by atoms with van der Waals surface area (Å²) in [6, 6.07) is 7.45. The van der Waals surface area contributed by atoms with Gasteiger partial charge in [-0.1, -0.05) is 18.5 Å². The number of aromatic nitrogens is 2. The standard InChI is InChI=1S/C19H13BrClFN2O3/c1-2-17-23-15-9-14(22)10(3-6-18(25)26)7-12(15)19(27)24(17)16-5-4-11(21)8-13(16)20/h3-9H,2H2,1H3,(H,25,26). The highest BCUT2D eigenvalue weighted by Gasteiger charge is 2.16. The summed E-state index contributed by atoms with van der Waals surface area (Å²) in [4.78, 5) is 28.3. The molecule has 8 heteroatoms. The zero-order chi connectivity index (χ0) is 19.7. The normalized spacial score (nSPS) is 11.4. The van der Waals surface area contributed by atoms with Crippen molar-refractivity contribution >= 4 is 50.5 Å². The molecule has 1 N–H and O–H groups in total. The predicted octanol–water partition coefficient (Wildman–Crippen LogP) is 4.60. The maximum absolute atomic E-state index is 14.3. The fraction of sp³-hybridized carbons (Fsp3) is 0.105. The molecular formula is C19H13BrClFN2O3. The highest BCUT2D eigenvalue weighted by molar-refractivity contribution is 9.10. The van der Waals surface area contributed by atoms with Gasteiger partial charge in [-0.3, -0.25) is 9.36 Å². The van der Waals surface area contributed by atoms with Crippen molar-refractivity contribution in [1.29, 1.82) is 0 Å². The Hall–Kier alpha value is -2.51. The van der Waals surface area contributed by atoms with Crippen LogP contribution in [0.4, 0.5) is 4.39 Å². The number of halogens is 3. The maximum atomic E-state index is 14.3. The minimum Gasteiger partial charge on any atom is -0.478 e. The minimum absolute atomic E-state index is 0.00484. The second-order valence-corrected chi connectivity index (χ2v) is 6.97. The van der Waals surface area contributed by atoms with Crippen LogP contribution in [0.1, 0.15) is 18.3 Å². The number of carbonyl (C=O) groups is 1. The number of rotatable bonds is 4. The molecule has 0 amide bonds. The molecule has 5 nitrogen and oxygen atoms in total. The van der Waals surface area contributed by atoms with Crippen LogP contribution in [-0.2, 0) is 11.2 Å². The van der Waals surface area contributed by atoms with Gasteiger partial charge in [0.15, 0.2) is 0 Å². The van der Waals surface area contributed by atoms with E-state index in [2.05, 4.69) is 20.9 Å². The van der Waals surface area contributed by atoms with Gasteiger partial charge in [-0.2, -0.15) is 0 Å². The van der Waals surface area contributed by atoms with E-state index in [-0.39, 0.29) is 22.0 Å². The molecule has 2 aromatic carbocycles. The molecule has 0 bridgehead atoms. The van der Waals surface area contributed by atoms with Crippen LogP contribution in [0.15, 0.2) is 45.7 Å². The average molecular weight is 452 g/mol. The first-order chi connectivity index (χ1) is 12.8. The van der Waals surface area contributed by atoms with Crippen LogP contribution in [0, 0.1) is 5.82 Å². The lowest BCUT2D eigenvalue weighted by Crippen LogP contribution is -2.24. The lowest BCUT2D eigenvalue weighted by atomic mass is 10.1. The third-order valence-corrected chi connectivity index (χ3v) is 4.80. The largest absolute Gasteiger partial charge is 0.478 e. The summed E-state index contributed by atoms with van der Waals surface area (Å²) in [6.45, 7) is 1.84. The molecule has 0 radical (unpaired) electrons. The van der Waals surface area contributed by atoms with Crippen LogP contribution in [0.2, 0.25) is 5.02 Å². The Morgan fingerprint density at radius 3 is 2.74 bits per heavy atom. The molecule has 3 aromatic rings. The number of benzene rings is 2. The van der Waals surface area contributed by atoms with Gasteiger partial charge in [-0.15, -0.1) is 0 Å². The van der Waals surface area contributed by atoms with Crippen molar-refractivity contribution in [2.45, 2.75) is 13.3 Å². The first kappa shape index (κ1) is 19.3. The fourth-order valence-electron chi connectivity index (χ4n) is 2.71. The maximum Gasteiger partial charge on any atom is 0.328 e. The molecule has 1 heterocycles. The van der Waals surface area contributed by atoms with E-state index in [1.165, 1.54) is 10.6 Å². The van der Waals surface area contributed by atoms with Crippen molar-refractivity contribution in [3.8, 4) is 5.69 Å². The van der Waals surface area contributed by atoms with Gasteiger partial charge < -0.3 is 5.11 Å². The molecule has 3 rings (SSSR count). The average Bonchev–Trinajstić information content (AvgIpc) is 2.61. The molecule has 0 fully saturated rings. The number of aryl methyl sites for hydroxylation is 1. The zero-order valence-electron chi connectivity index (χ0n) is 14.0. The Kier molecular flexibility index (Phi) is 5.43. The number of carboxylic acid groups (broad SMARTS) is 1. The van der Waals surface area contributed by atoms with Gasteiger partial charge in [0, 0.05) is 33.6 Å². The Bertz CT molecular complexity index is 1160. The van der Waals surface area contributed by atoms with E-state index < -0.39 is 11.8 Å². The van der Waals surface area contributed by atoms with Crippen molar-refractivity contribution < 1.29 is 14.3 Å². The van der Waals surface area contributed by atoms with Crippen molar-refractivity contribution in [3.63, 3.8) is 0 Å². The molecule has 27 heavy (non-hydrogen) atoms. The third kappa shape index (κ3) is 3.79. The fourth-order valence-corrected chi connectivity index (χ4v) is 3.57. The van der Waals surface area contributed by atoms with Crippen LogP contribution >= 0.6 is 27.5 Å². The van der Waals surface area contributed by atoms with E-state index >= 15 is 0 Å². The smallest absolute Gasteiger partial charge is 0.328 e. The second kappa shape index (κ2) is 7.62. The van der Waals surface area contributed by atoms with E-state index in [0.29, 0.717) is 27.4 Å². The summed E-state index contributed by atoms with van der Waals surface area (Å²) in [5.41, 5.74) is 0.380. The van der Waals surface area contributed by atoms with Gasteiger partial charge in [-0.25, -0.2) is 14.2 Å². The summed E-state index contributed by atoms with van der Waals surface area (Å²) in [5, 5.41) is 9.43. The van der Waals surface area contributed by atoms with Crippen LogP contribution in [0.25, 0.3) is 22.7 Å². The number of aliphatic carboxylic acids is 1. The minimum atomic E-state index is -1.21. The first-order valence-electron chi connectivity index (χ1n) is 7.93. The van der Waals surface area contributed by atoms with Gasteiger partial charge in [0.05, 0.1) is 16.6 Å². The lowest BCUT2D eigenvalue weighted by molar-refractivity contribution is -0.131. The quantitative estimate of drug-likeness (QED) is 0.589. The number of hydrogen-bond acceptors (Lipinski definition) is 3. The van der Waals surface area contributed by atoms with E-state index in [1.807, 2.05) is 6.92 Å². The summed E-state index contributed by atoms with van der Waals surface area (Å²) in [7, 11) is 0. The predicted molar refractivity (Wildman–Crippen MR) is 106 cm³/mol. The SMILES string of the molecule is CCc1nc2cc(F)c(C=CC(=O)O)cc2c(=O)n1-c1ccc(Cl)cc1Br. The molecule has 0 aliphatic rings. The summed E-state index contributed by atoms with van der Waals surface area (Å²) in [6.07, 6.45) is 2.36. The van der Waals surface area contributed by atoms with Gasteiger partial charge in [0.25, 0.3) is 5.56 Å². The molecular weight excluding hydrogens is 439 g/mol. The van der Waals surface area contributed by atoms with E-state index in [0.717, 1.165) is 18.2 Å². The molecule has 0 atom stereocenters. The Balaban J connectivity index is 2.34. The highest BCUT2D eigenvalue weighted by Crippen LogP contribution is 2.26. The summed E-state index contributed by atoms with van der Waals surface area (Å²) in [5.74, 6) is -1.40. The van der Waals surface area contributed by atoms with Crippen LogP contribution < -0.4 is 5.56 Å². The Labute approximate surface area is 166 Å². The molecule has 0 spiro atoms. The molecule has 0 aliphatic carbocycles. The third-order valence-electron chi connectivity index (χ3n) is 3.93. The number of fused-ring (bicyclic) bond motifs is 1. The van der Waals surface area contributed by atoms with Crippen LogP contribution in [0.5, 0.6) is 0 Å². The first-order valence-corrected chi connectivity index (χ1v) is 9.10. The van der Waals surface area contributed by atoms with Crippen LogP contribution in [-0.4, -0.2) is 20.6 Å². The lowest BCUT2D eigenvalue weighted by Gasteiger charge is -2.14. The topological polar surface area (TPSA) is 72.2 Å². The number of carboxylic acids is 1. The zero-order valence-corrected chi connectivity index (χ0v) is 16.4. The molecule has 0 saturated carbocycles. The molecule has 0 aliphatic heterocycles. The molecule has 0 unspecified atom stereocenters. The molecule has 138 valence electrons. The van der Waals surface area contributed by atoms with E-state index in [9.17, 15) is 14.0 Å². The summed E-state index contributed by atoms with van der Waals surface area (Å²) >= 11 is 9.39. The van der Waals surface area contributed by atoms with Gasteiger partial charge in [-0.05, 0) is 46.3 Å². The molecule has 1 aromatic heterocycles. The Morgan fingerprint density at radius 1 is 1.37 bits per heavy atom. The molecule has 0 saturated heterocycles. The van der Waals surface area contributed by atoms with Crippen molar-refractivity contribution in [3.05, 3.63) is 73.5 Å². The van der Waals surface area contributed by atoms with E-state index in [4.69, 9.17) is 16.7 Å². The van der Waals surface area contributed by atoms with Gasteiger partial charge in [0.1, 0.15) is 11.6 Å². The highest BCUT2D eigenvalue weighted by atomic mass is 79.9.